The average Bonchev–Trinajstić information content (AvgIpc) is 2.79. The summed E-state index contributed by atoms with van der Waals surface area (Å²) in [5.74, 6) is -0.820. The summed E-state index contributed by atoms with van der Waals surface area (Å²) in [6.07, 6.45) is 4.30. The number of hydrogen-bond donors (Lipinski definition) is 3. The standard InChI is InChI=1S/C29H30Cl2N2O3/c1-29(2,3)22-14-12-21(13-15-22)27(33-28(36)32-25-17-23(30)16-24(31)18-25)20-10-8-19(9-11-20)6-4-5-7-26(34)35/h4,6,8-18,27H,5,7H2,1-3H3,(H,34,35)(H2,32,33,36). The molecule has 0 radical (unpaired) electrons. The predicted molar refractivity (Wildman–Crippen MR) is 148 cm³/mol. The Morgan fingerprint density at radius 2 is 1.47 bits per heavy atom. The van der Waals surface area contributed by atoms with E-state index in [0.29, 0.717) is 22.2 Å². The molecule has 5 nitrogen and oxygen atoms in total. The van der Waals surface area contributed by atoms with Gasteiger partial charge >= 0.3 is 12.0 Å². The normalized spacial score (nSPS) is 12.4. The molecule has 0 fully saturated rings. The van der Waals surface area contributed by atoms with E-state index in [0.717, 1.165) is 16.7 Å². The molecule has 0 heterocycles. The van der Waals surface area contributed by atoms with Crippen LogP contribution in [-0.2, 0) is 10.2 Å². The zero-order valence-corrected chi connectivity index (χ0v) is 22.0. The SMILES string of the molecule is CC(C)(C)c1ccc(C(NC(=O)Nc2cc(Cl)cc(Cl)c2)c2ccc(C=CCCC(=O)O)cc2)cc1. The smallest absolute Gasteiger partial charge is 0.319 e. The highest BCUT2D eigenvalue weighted by Gasteiger charge is 2.19. The summed E-state index contributed by atoms with van der Waals surface area (Å²) in [7, 11) is 0. The number of allylic oxidation sites excluding steroid dienone is 1. The number of carboxylic acids is 1. The van der Waals surface area contributed by atoms with Gasteiger partial charge in [0.05, 0.1) is 6.04 Å². The highest BCUT2D eigenvalue weighted by Crippen LogP contribution is 2.28. The number of rotatable bonds is 8. The zero-order chi connectivity index (χ0) is 26.3. The third-order valence-electron chi connectivity index (χ3n) is 5.61. The van der Waals surface area contributed by atoms with Crippen molar-refractivity contribution in [3.63, 3.8) is 0 Å². The van der Waals surface area contributed by atoms with E-state index in [9.17, 15) is 9.59 Å². The van der Waals surface area contributed by atoms with Crippen LogP contribution in [0.2, 0.25) is 10.0 Å². The van der Waals surface area contributed by atoms with E-state index < -0.39 is 18.0 Å². The second-order valence-electron chi connectivity index (χ2n) is 9.56. The molecule has 1 unspecified atom stereocenters. The van der Waals surface area contributed by atoms with Crippen LogP contribution in [0.15, 0.2) is 72.8 Å². The van der Waals surface area contributed by atoms with E-state index in [4.69, 9.17) is 28.3 Å². The zero-order valence-electron chi connectivity index (χ0n) is 20.5. The number of carbonyl (C=O) groups excluding carboxylic acids is 1. The summed E-state index contributed by atoms with van der Waals surface area (Å²) in [6.45, 7) is 6.47. The van der Waals surface area contributed by atoms with E-state index >= 15 is 0 Å². The lowest BCUT2D eigenvalue weighted by atomic mass is 9.85. The van der Waals surface area contributed by atoms with Gasteiger partial charge in [-0.05, 0) is 52.3 Å². The van der Waals surface area contributed by atoms with Crippen molar-refractivity contribution in [2.75, 3.05) is 5.32 Å². The number of halogens is 2. The molecule has 3 aromatic carbocycles. The molecule has 0 aliphatic rings. The monoisotopic (exact) mass is 524 g/mol. The van der Waals surface area contributed by atoms with Crippen molar-refractivity contribution in [3.8, 4) is 0 Å². The molecular weight excluding hydrogens is 495 g/mol. The first kappa shape index (κ1) is 27.3. The first-order chi connectivity index (χ1) is 17.0. The molecular formula is C29H30Cl2N2O3. The van der Waals surface area contributed by atoms with Gasteiger partial charge in [-0.25, -0.2) is 4.79 Å². The number of carbonyl (C=O) groups is 2. The third kappa shape index (κ3) is 8.14. The maximum Gasteiger partial charge on any atom is 0.319 e. The van der Waals surface area contributed by atoms with Gasteiger partial charge in [0.25, 0.3) is 0 Å². The van der Waals surface area contributed by atoms with Crippen molar-refractivity contribution < 1.29 is 14.7 Å². The molecule has 3 rings (SSSR count). The fourth-order valence-electron chi connectivity index (χ4n) is 3.68. The van der Waals surface area contributed by atoms with Gasteiger partial charge in [-0.1, -0.05) is 105 Å². The number of anilines is 1. The topological polar surface area (TPSA) is 78.4 Å². The maximum absolute atomic E-state index is 12.9. The Bertz CT molecular complexity index is 1210. The van der Waals surface area contributed by atoms with Crippen molar-refractivity contribution in [1.29, 1.82) is 0 Å². The second-order valence-corrected chi connectivity index (χ2v) is 10.4. The third-order valence-corrected chi connectivity index (χ3v) is 6.05. The summed E-state index contributed by atoms with van der Waals surface area (Å²) in [5.41, 5.74) is 4.49. The Morgan fingerprint density at radius 1 is 0.917 bits per heavy atom. The number of hydrogen-bond acceptors (Lipinski definition) is 2. The summed E-state index contributed by atoms with van der Waals surface area (Å²) < 4.78 is 0. The van der Waals surface area contributed by atoms with Gasteiger partial charge in [-0.3, -0.25) is 4.79 Å². The molecule has 1 atom stereocenters. The van der Waals surface area contributed by atoms with Crippen LogP contribution in [0, 0.1) is 0 Å². The van der Waals surface area contributed by atoms with Gasteiger partial charge in [0.2, 0.25) is 0 Å². The summed E-state index contributed by atoms with van der Waals surface area (Å²) >= 11 is 12.1. The fourth-order valence-corrected chi connectivity index (χ4v) is 4.21. The summed E-state index contributed by atoms with van der Waals surface area (Å²) in [5, 5.41) is 15.5. The Kier molecular flexibility index (Phi) is 9.19. The van der Waals surface area contributed by atoms with Gasteiger partial charge in [-0.2, -0.15) is 0 Å². The van der Waals surface area contributed by atoms with E-state index in [1.165, 1.54) is 5.56 Å². The largest absolute Gasteiger partial charge is 0.481 e. The molecule has 0 bridgehead atoms. The van der Waals surface area contributed by atoms with E-state index in [-0.39, 0.29) is 11.8 Å². The number of urea groups is 1. The van der Waals surface area contributed by atoms with Crippen LogP contribution in [0.25, 0.3) is 6.08 Å². The summed E-state index contributed by atoms with van der Waals surface area (Å²) in [6, 6.07) is 20.1. The van der Waals surface area contributed by atoms with Crippen molar-refractivity contribution in [2.24, 2.45) is 0 Å². The van der Waals surface area contributed by atoms with Gasteiger partial charge in [0.15, 0.2) is 0 Å². The van der Waals surface area contributed by atoms with E-state index in [2.05, 4.69) is 43.5 Å². The van der Waals surface area contributed by atoms with Crippen LogP contribution in [-0.4, -0.2) is 17.1 Å². The van der Waals surface area contributed by atoms with Crippen molar-refractivity contribution in [2.45, 2.75) is 45.1 Å². The number of amides is 2. The number of carboxylic acid groups (broad SMARTS) is 1. The molecule has 188 valence electrons. The lowest BCUT2D eigenvalue weighted by Gasteiger charge is -2.23. The van der Waals surface area contributed by atoms with E-state index in [1.54, 1.807) is 18.2 Å². The fraction of sp³-hybridized carbons (Fsp3) is 0.241. The molecule has 0 saturated heterocycles. The molecule has 0 spiro atoms. The predicted octanol–water partition coefficient (Wildman–Crippen LogP) is 8.08. The van der Waals surface area contributed by atoms with Crippen LogP contribution >= 0.6 is 23.2 Å². The first-order valence-electron chi connectivity index (χ1n) is 11.6. The average molecular weight is 525 g/mol. The van der Waals surface area contributed by atoms with Crippen LogP contribution in [0.1, 0.15) is 61.9 Å². The van der Waals surface area contributed by atoms with E-state index in [1.807, 2.05) is 48.6 Å². The quantitative estimate of drug-likeness (QED) is 0.278. The molecule has 0 saturated carbocycles. The van der Waals surface area contributed by atoms with Crippen LogP contribution in [0.4, 0.5) is 10.5 Å². The molecule has 3 N–H and O–H groups in total. The minimum Gasteiger partial charge on any atom is -0.481 e. The molecule has 2 amide bonds. The van der Waals surface area contributed by atoms with Gasteiger partial charge in [0.1, 0.15) is 0 Å². The summed E-state index contributed by atoms with van der Waals surface area (Å²) in [4.78, 5) is 23.6. The Morgan fingerprint density at radius 3 is 2.00 bits per heavy atom. The van der Waals surface area contributed by atoms with Crippen molar-refractivity contribution >= 4 is 47.0 Å². The van der Waals surface area contributed by atoms with Gasteiger partial charge in [0, 0.05) is 22.2 Å². The van der Waals surface area contributed by atoms with Crippen LogP contribution in [0.5, 0.6) is 0 Å². The maximum atomic E-state index is 12.9. The van der Waals surface area contributed by atoms with Crippen LogP contribution < -0.4 is 10.6 Å². The second kappa shape index (κ2) is 12.1. The Balaban J connectivity index is 1.84. The van der Waals surface area contributed by atoms with Crippen molar-refractivity contribution in [3.05, 3.63) is 105 Å². The first-order valence-corrected chi connectivity index (χ1v) is 12.4. The molecule has 0 aromatic heterocycles. The molecule has 0 aliphatic heterocycles. The minimum atomic E-state index is -0.820. The molecule has 0 aliphatic carbocycles. The van der Waals surface area contributed by atoms with Gasteiger partial charge in [-0.15, -0.1) is 0 Å². The highest BCUT2D eigenvalue weighted by molar-refractivity contribution is 6.35. The molecule has 7 heteroatoms. The number of nitrogens with one attached hydrogen (secondary N) is 2. The lowest BCUT2D eigenvalue weighted by molar-refractivity contribution is -0.136. The minimum absolute atomic E-state index is 0.0132. The Hall–Kier alpha value is -3.28. The number of aliphatic carboxylic acids is 1. The Labute approximate surface area is 222 Å². The van der Waals surface area contributed by atoms with Crippen LogP contribution in [0.3, 0.4) is 0 Å². The van der Waals surface area contributed by atoms with Crippen molar-refractivity contribution in [1.82, 2.24) is 5.32 Å². The molecule has 36 heavy (non-hydrogen) atoms. The lowest BCUT2D eigenvalue weighted by Crippen LogP contribution is -2.33. The molecule has 3 aromatic rings. The number of benzene rings is 3. The van der Waals surface area contributed by atoms with Gasteiger partial charge < -0.3 is 15.7 Å². The highest BCUT2D eigenvalue weighted by atomic mass is 35.5.